The Labute approximate surface area is 94.0 Å². The van der Waals surface area contributed by atoms with Gasteiger partial charge in [-0.2, -0.15) is 0 Å². The number of carbonyl (C=O) groups excluding carboxylic acids is 1. The van der Waals surface area contributed by atoms with Gasteiger partial charge in [-0.25, -0.2) is 0 Å². The van der Waals surface area contributed by atoms with E-state index in [4.69, 9.17) is 21.3 Å². The molecule has 0 bridgehead atoms. The molecule has 0 radical (unpaired) electrons. The summed E-state index contributed by atoms with van der Waals surface area (Å²) in [6.07, 6.45) is 0. The van der Waals surface area contributed by atoms with E-state index in [0.717, 1.165) is 0 Å². The number of rotatable bonds is 5. The van der Waals surface area contributed by atoms with Gasteiger partial charge in [0.05, 0.1) is 12.2 Å². The van der Waals surface area contributed by atoms with Crippen molar-refractivity contribution in [3.05, 3.63) is 23.8 Å². The number of hydrogen-bond donors (Lipinski definition) is 3. The van der Waals surface area contributed by atoms with E-state index in [1.54, 1.807) is 12.1 Å². The van der Waals surface area contributed by atoms with Gasteiger partial charge in [0.15, 0.2) is 0 Å². The monoisotopic (exact) mass is 224 g/mol. The van der Waals surface area contributed by atoms with Gasteiger partial charge in [0.2, 0.25) is 0 Å². The van der Waals surface area contributed by atoms with Crippen LogP contribution in [0.25, 0.3) is 0 Å². The summed E-state index contributed by atoms with van der Waals surface area (Å²) in [4.78, 5) is 11.1. The molecule has 5 N–H and O–H groups in total. The van der Waals surface area contributed by atoms with E-state index in [0.29, 0.717) is 23.6 Å². The third-order valence-electron chi connectivity index (χ3n) is 2.11. The lowest BCUT2D eigenvalue weighted by Gasteiger charge is -2.13. The molecule has 0 fully saturated rings. The van der Waals surface area contributed by atoms with Crippen LogP contribution in [0.15, 0.2) is 18.2 Å². The molecule has 0 aliphatic heterocycles. The molecule has 1 rings (SSSR count). The summed E-state index contributed by atoms with van der Waals surface area (Å²) < 4.78 is 5.39. The molecule has 0 saturated carbocycles. The van der Waals surface area contributed by atoms with Crippen molar-refractivity contribution in [3.8, 4) is 5.75 Å². The zero-order valence-corrected chi connectivity index (χ0v) is 9.14. The van der Waals surface area contributed by atoms with E-state index in [9.17, 15) is 4.79 Å². The molecule has 1 atom stereocenters. The molecule has 5 heteroatoms. The highest BCUT2D eigenvalue weighted by Crippen LogP contribution is 2.21. The van der Waals surface area contributed by atoms with Gasteiger partial charge in [-0.15, -0.1) is 0 Å². The highest BCUT2D eigenvalue weighted by molar-refractivity contribution is 5.96. The lowest BCUT2D eigenvalue weighted by molar-refractivity contribution is 0.0994. The summed E-state index contributed by atoms with van der Waals surface area (Å²) in [5, 5.41) is 8.85. The molecular weight excluding hydrogens is 208 g/mol. The second-order valence-corrected chi connectivity index (χ2v) is 3.72. The minimum absolute atomic E-state index is 0.0119. The second kappa shape index (κ2) is 5.37. The number of benzene rings is 1. The zero-order chi connectivity index (χ0) is 12.1. The Kier molecular flexibility index (Phi) is 4.13. The predicted molar refractivity (Wildman–Crippen MR) is 61.1 cm³/mol. The quantitative estimate of drug-likeness (QED) is 0.629. The van der Waals surface area contributed by atoms with Crippen molar-refractivity contribution in [2.45, 2.75) is 6.92 Å². The summed E-state index contributed by atoms with van der Waals surface area (Å²) in [5.41, 5.74) is 11.6. The van der Waals surface area contributed by atoms with Gasteiger partial charge in [0.25, 0.3) is 5.91 Å². The number of nitrogens with two attached hydrogens (primary N) is 2. The molecule has 1 aromatic carbocycles. The number of primary amides is 1. The Morgan fingerprint density at radius 3 is 2.81 bits per heavy atom. The van der Waals surface area contributed by atoms with Gasteiger partial charge in [-0.3, -0.25) is 4.79 Å². The Hall–Kier alpha value is -1.75. The molecule has 0 saturated heterocycles. The van der Waals surface area contributed by atoms with E-state index in [1.807, 2.05) is 6.92 Å². The van der Waals surface area contributed by atoms with Crippen LogP contribution in [0.3, 0.4) is 0 Å². The predicted octanol–water partition coefficient (Wildman–Crippen LogP) is 0.375. The van der Waals surface area contributed by atoms with Crippen molar-refractivity contribution in [2.24, 2.45) is 11.7 Å². The fourth-order valence-electron chi connectivity index (χ4n) is 1.15. The second-order valence-electron chi connectivity index (χ2n) is 3.72. The van der Waals surface area contributed by atoms with Crippen LogP contribution >= 0.6 is 0 Å². The van der Waals surface area contributed by atoms with Crippen LogP contribution < -0.4 is 16.2 Å². The number of anilines is 1. The molecule has 0 spiro atoms. The maximum atomic E-state index is 11.1. The average Bonchev–Trinajstić information content (AvgIpc) is 2.25. The van der Waals surface area contributed by atoms with Crippen LogP contribution in [-0.4, -0.2) is 24.2 Å². The number of aliphatic hydroxyl groups excluding tert-OH is 1. The minimum atomic E-state index is -0.563. The maximum Gasteiger partial charge on any atom is 0.252 e. The Bertz CT molecular complexity index is 379. The largest absolute Gasteiger partial charge is 0.492 e. The van der Waals surface area contributed by atoms with E-state index >= 15 is 0 Å². The lowest BCUT2D eigenvalue weighted by atomic mass is 10.1. The maximum absolute atomic E-state index is 11.1. The number of carbonyl (C=O) groups is 1. The Morgan fingerprint density at radius 2 is 2.25 bits per heavy atom. The van der Waals surface area contributed by atoms with Crippen LogP contribution in [0, 0.1) is 5.92 Å². The van der Waals surface area contributed by atoms with Gasteiger partial charge < -0.3 is 21.3 Å². The van der Waals surface area contributed by atoms with Crippen LogP contribution in [0.2, 0.25) is 0 Å². The molecule has 16 heavy (non-hydrogen) atoms. The van der Waals surface area contributed by atoms with Crippen molar-refractivity contribution in [2.75, 3.05) is 18.9 Å². The highest BCUT2D eigenvalue weighted by Gasteiger charge is 2.11. The third kappa shape index (κ3) is 3.13. The molecule has 1 unspecified atom stereocenters. The van der Waals surface area contributed by atoms with Crippen molar-refractivity contribution in [1.29, 1.82) is 0 Å². The molecule has 88 valence electrons. The van der Waals surface area contributed by atoms with Gasteiger partial charge >= 0.3 is 0 Å². The van der Waals surface area contributed by atoms with Crippen LogP contribution in [0.1, 0.15) is 17.3 Å². The smallest absolute Gasteiger partial charge is 0.252 e. The van der Waals surface area contributed by atoms with Gasteiger partial charge in [-0.1, -0.05) is 6.92 Å². The van der Waals surface area contributed by atoms with Gasteiger partial charge in [-0.05, 0) is 12.1 Å². The molecular formula is C11H16N2O3. The Morgan fingerprint density at radius 1 is 1.56 bits per heavy atom. The first-order valence-corrected chi connectivity index (χ1v) is 4.97. The van der Waals surface area contributed by atoms with Crippen LogP contribution in [-0.2, 0) is 0 Å². The fraction of sp³-hybridized carbons (Fsp3) is 0.364. The van der Waals surface area contributed by atoms with Gasteiger partial charge in [0.1, 0.15) is 5.75 Å². The summed E-state index contributed by atoms with van der Waals surface area (Å²) >= 11 is 0. The summed E-state index contributed by atoms with van der Waals surface area (Å²) in [5.74, 6) is -0.221. The summed E-state index contributed by atoms with van der Waals surface area (Å²) in [7, 11) is 0. The van der Waals surface area contributed by atoms with E-state index in [-0.39, 0.29) is 12.5 Å². The zero-order valence-electron chi connectivity index (χ0n) is 9.14. The molecule has 1 aromatic rings. The van der Waals surface area contributed by atoms with E-state index < -0.39 is 5.91 Å². The Balaban J connectivity index is 2.84. The number of amides is 1. The van der Waals surface area contributed by atoms with Crippen LogP contribution in [0.5, 0.6) is 5.75 Å². The average molecular weight is 224 g/mol. The number of ether oxygens (including phenoxy) is 1. The van der Waals surface area contributed by atoms with E-state index in [1.165, 1.54) is 6.07 Å². The van der Waals surface area contributed by atoms with Crippen molar-refractivity contribution in [1.82, 2.24) is 0 Å². The minimum Gasteiger partial charge on any atom is -0.492 e. The molecule has 0 heterocycles. The fourth-order valence-corrected chi connectivity index (χ4v) is 1.15. The molecule has 1 amide bonds. The topological polar surface area (TPSA) is 98.6 Å². The number of nitrogen functional groups attached to an aromatic ring is 1. The van der Waals surface area contributed by atoms with E-state index in [2.05, 4.69) is 0 Å². The standard InChI is InChI=1S/C11H16N2O3/c1-7(5-14)6-16-10-4-8(12)2-3-9(10)11(13)15/h2-4,7,14H,5-6,12H2,1H3,(H2,13,15). The van der Waals surface area contributed by atoms with Crippen LogP contribution in [0.4, 0.5) is 5.69 Å². The first kappa shape index (κ1) is 12.3. The first-order valence-electron chi connectivity index (χ1n) is 4.97. The number of aliphatic hydroxyl groups is 1. The molecule has 0 aliphatic rings. The van der Waals surface area contributed by atoms with Crippen molar-refractivity contribution < 1.29 is 14.6 Å². The van der Waals surface area contributed by atoms with Crippen molar-refractivity contribution in [3.63, 3.8) is 0 Å². The first-order chi connectivity index (χ1) is 7.54. The molecule has 0 aromatic heterocycles. The SMILES string of the molecule is CC(CO)COc1cc(N)ccc1C(N)=O. The molecule has 5 nitrogen and oxygen atoms in total. The lowest BCUT2D eigenvalue weighted by Crippen LogP contribution is -2.17. The summed E-state index contributed by atoms with van der Waals surface area (Å²) in [6.45, 7) is 2.16. The van der Waals surface area contributed by atoms with Crippen molar-refractivity contribution >= 4 is 11.6 Å². The molecule has 0 aliphatic carbocycles. The third-order valence-corrected chi connectivity index (χ3v) is 2.11. The number of hydrogen-bond acceptors (Lipinski definition) is 4. The van der Waals surface area contributed by atoms with Gasteiger partial charge in [0, 0.05) is 24.3 Å². The summed E-state index contributed by atoms with van der Waals surface area (Å²) in [6, 6.07) is 4.66. The normalized spacial score (nSPS) is 12.1. The highest BCUT2D eigenvalue weighted by atomic mass is 16.5.